The number of benzene rings is 6. The van der Waals surface area contributed by atoms with E-state index in [1.807, 2.05) is 0 Å². The molecule has 0 radical (unpaired) electrons. The smallest absolute Gasteiger partial charge is 0.0502 e. The monoisotopic (exact) mass is 644 g/mol. The molecule has 0 aromatic heterocycles. The van der Waals surface area contributed by atoms with Gasteiger partial charge in [-0.15, -0.1) is 0 Å². The molecule has 3 heteroatoms. The molecule has 0 aliphatic heterocycles. The fourth-order valence-corrected chi connectivity index (χ4v) is 6.36. The van der Waals surface area contributed by atoms with Crippen LogP contribution in [0.4, 0.5) is 34.1 Å². The zero-order valence-corrected chi connectivity index (χ0v) is 29.8. The van der Waals surface area contributed by atoms with E-state index in [2.05, 4.69) is 178 Å². The van der Waals surface area contributed by atoms with Crippen molar-refractivity contribution >= 4 is 34.1 Å². The van der Waals surface area contributed by atoms with Gasteiger partial charge in [-0.3, -0.25) is 0 Å². The van der Waals surface area contributed by atoms with E-state index in [0.717, 1.165) is 48.6 Å². The third kappa shape index (κ3) is 7.80. The first-order valence-corrected chi connectivity index (χ1v) is 17.5. The zero-order valence-electron chi connectivity index (χ0n) is 29.8. The minimum Gasteiger partial charge on any atom is -0.384 e. The molecule has 0 amide bonds. The molecular weight excluding hydrogens is 597 g/mol. The number of methoxy groups -OCH3 is 1. The van der Waals surface area contributed by atoms with Crippen LogP contribution in [0.25, 0.3) is 11.1 Å². The van der Waals surface area contributed by atoms with Crippen molar-refractivity contribution in [3.05, 3.63) is 167 Å². The molecule has 0 bridgehead atoms. The summed E-state index contributed by atoms with van der Waals surface area (Å²) in [5.41, 5.74) is 17.1. The number of nitrogens with zero attached hydrogens (tertiary/aromatic N) is 2. The van der Waals surface area contributed by atoms with Crippen LogP contribution in [0.2, 0.25) is 0 Å². The first-order valence-electron chi connectivity index (χ1n) is 17.5. The highest BCUT2D eigenvalue weighted by molar-refractivity contribution is 5.81. The van der Waals surface area contributed by atoms with E-state index in [4.69, 9.17) is 4.74 Å². The van der Waals surface area contributed by atoms with Gasteiger partial charge in [-0.25, -0.2) is 0 Å². The molecular formula is C46H48N2O. The Morgan fingerprint density at radius 2 is 0.755 bits per heavy atom. The van der Waals surface area contributed by atoms with Crippen LogP contribution in [0.3, 0.4) is 0 Å². The lowest BCUT2D eigenvalue weighted by atomic mass is 10.0. The Balaban J connectivity index is 1.31. The molecule has 0 fully saturated rings. The van der Waals surface area contributed by atoms with Crippen LogP contribution >= 0.6 is 0 Å². The predicted octanol–water partition coefficient (Wildman–Crippen LogP) is 12.7. The van der Waals surface area contributed by atoms with E-state index in [0.29, 0.717) is 0 Å². The first-order chi connectivity index (χ1) is 23.8. The summed E-state index contributed by atoms with van der Waals surface area (Å²) in [7, 11) is 1.75. The molecule has 0 spiro atoms. The summed E-state index contributed by atoms with van der Waals surface area (Å²) < 4.78 is 5.30. The lowest BCUT2D eigenvalue weighted by Gasteiger charge is -2.27. The summed E-state index contributed by atoms with van der Waals surface area (Å²) in [5, 5.41) is 0. The van der Waals surface area contributed by atoms with Gasteiger partial charge in [0.15, 0.2) is 0 Å². The third-order valence-corrected chi connectivity index (χ3v) is 9.60. The average molecular weight is 645 g/mol. The first kappa shape index (κ1) is 33.8. The van der Waals surface area contributed by atoms with E-state index in [1.165, 1.54) is 55.9 Å². The molecule has 0 N–H and O–H groups in total. The molecule has 0 aliphatic rings. The van der Waals surface area contributed by atoms with Crippen LogP contribution in [-0.4, -0.2) is 13.7 Å². The Kier molecular flexibility index (Phi) is 10.6. The van der Waals surface area contributed by atoms with Crippen molar-refractivity contribution in [1.82, 2.24) is 0 Å². The highest BCUT2D eigenvalue weighted by Gasteiger charge is 2.16. The van der Waals surface area contributed by atoms with Gasteiger partial charge in [0.05, 0.1) is 6.61 Å². The Labute approximate surface area is 293 Å². The molecule has 49 heavy (non-hydrogen) atoms. The summed E-state index contributed by atoms with van der Waals surface area (Å²) in [6, 6.07) is 49.2. The minimum absolute atomic E-state index is 0.721. The van der Waals surface area contributed by atoms with Crippen LogP contribution in [0, 0.1) is 27.7 Å². The Morgan fingerprint density at radius 1 is 0.408 bits per heavy atom. The van der Waals surface area contributed by atoms with Crippen molar-refractivity contribution < 1.29 is 4.74 Å². The van der Waals surface area contributed by atoms with Gasteiger partial charge in [0, 0.05) is 41.2 Å². The van der Waals surface area contributed by atoms with Gasteiger partial charge in [0.2, 0.25) is 0 Å². The maximum atomic E-state index is 5.30. The maximum absolute atomic E-state index is 5.30. The summed E-state index contributed by atoms with van der Waals surface area (Å²) in [6.45, 7) is 11.7. The quantitative estimate of drug-likeness (QED) is 0.132. The Hall–Kier alpha value is -5.12. The van der Waals surface area contributed by atoms with Crippen LogP contribution in [0.1, 0.15) is 46.7 Å². The number of anilines is 6. The molecule has 6 rings (SSSR count). The van der Waals surface area contributed by atoms with Gasteiger partial charge >= 0.3 is 0 Å². The van der Waals surface area contributed by atoms with Gasteiger partial charge in [0.1, 0.15) is 0 Å². The lowest BCUT2D eigenvalue weighted by Crippen LogP contribution is -2.10. The summed E-state index contributed by atoms with van der Waals surface area (Å²) >= 11 is 0. The second-order valence-corrected chi connectivity index (χ2v) is 13.1. The van der Waals surface area contributed by atoms with E-state index < -0.39 is 0 Å². The van der Waals surface area contributed by atoms with Crippen molar-refractivity contribution in [2.45, 2.75) is 53.9 Å². The molecule has 0 aliphatic carbocycles. The topological polar surface area (TPSA) is 15.7 Å². The van der Waals surface area contributed by atoms with E-state index in [-0.39, 0.29) is 0 Å². The number of rotatable bonds is 12. The zero-order chi connectivity index (χ0) is 34.3. The Bertz CT molecular complexity index is 1980. The van der Waals surface area contributed by atoms with Crippen molar-refractivity contribution in [3.8, 4) is 11.1 Å². The molecule has 3 nitrogen and oxygen atoms in total. The number of hydrogen-bond acceptors (Lipinski definition) is 3. The molecule has 248 valence electrons. The van der Waals surface area contributed by atoms with Crippen LogP contribution in [0.5, 0.6) is 0 Å². The predicted molar refractivity (Wildman–Crippen MR) is 210 cm³/mol. The molecule has 0 saturated carbocycles. The van der Waals surface area contributed by atoms with Gasteiger partial charge in [-0.2, -0.15) is 0 Å². The number of hydrogen-bond donors (Lipinski definition) is 0. The fourth-order valence-electron chi connectivity index (χ4n) is 6.36. The summed E-state index contributed by atoms with van der Waals surface area (Å²) in [4.78, 5) is 4.70. The largest absolute Gasteiger partial charge is 0.384 e. The van der Waals surface area contributed by atoms with E-state index in [1.54, 1.807) is 7.11 Å². The highest BCUT2D eigenvalue weighted by atomic mass is 16.5. The summed E-state index contributed by atoms with van der Waals surface area (Å²) in [5.74, 6) is 0. The lowest BCUT2D eigenvalue weighted by molar-refractivity contribution is 0.202. The van der Waals surface area contributed by atoms with Crippen molar-refractivity contribution in [2.75, 3.05) is 23.5 Å². The van der Waals surface area contributed by atoms with Gasteiger partial charge in [-0.1, -0.05) is 74.0 Å². The van der Waals surface area contributed by atoms with Crippen molar-refractivity contribution in [3.63, 3.8) is 0 Å². The van der Waals surface area contributed by atoms with Crippen LogP contribution < -0.4 is 9.80 Å². The fraction of sp³-hybridized carbons (Fsp3) is 0.217. The van der Waals surface area contributed by atoms with E-state index in [9.17, 15) is 0 Å². The molecule has 0 atom stereocenters. The third-order valence-electron chi connectivity index (χ3n) is 9.60. The van der Waals surface area contributed by atoms with Crippen LogP contribution in [-0.2, 0) is 17.6 Å². The van der Waals surface area contributed by atoms with Crippen LogP contribution in [0.15, 0.2) is 133 Å². The maximum Gasteiger partial charge on any atom is 0.0502 e. The summed E-state index contributed by atoms with van der Waals surface area (Å²) in [6.07, 6.45) is 3.15. The number of aryl methyl sites for hydroxylation is 5. The SMILES string of the molecule is CCCc1ccc(N(c2ccc(-c3ccc(N(c4ccc(CCOC)cc4)c4ccc(C)c(C)c4)cc3)cc2)c2ccc(C)c(C)c2)cc1. The normalized spacial score (nSPS) is 11.1. The molecule has 6 aromatic carbocycles. The molecule has 0 heterocycles. The molecule has 6 aromatic rings. The molecule has 0 saturated heterocycles. The van der Waals surface area contributed by atoms with Gasteiger partial charge in [-0.05, 0) is 158 Å². The average Bonchev–Trinajstić information content (AvgIpc) is 3.13. The van der Waals surface area contributed by atoms with Gasteiger partial charge in [0.25, 0.3) is 0 Å². The minimum atomic E-state index is 0.721. The Morgan fingerprint density at radius 3 is 1.10 bits per heavy atom. The standard InChI is InChI=1S/C46H48N2O/c1-7-8-37-11-21-41(22-12-37)47(45-19-9-33(2)35(4)31-45)43-25-15-39(16-26-43)40-17-27-44(28-18-40)48(46-20-10-34(3)36(5)32-46)42-23-13-38(14-24-42)29-30-49-6/h9-28,31-32H,7-8,29-30H2,1-6H3. The molecule has 0 unspecified atom stereocenters. The second-order valence-electron chi connectivity index (χ2n) is 13.1. The van der Waals surface area contributed by atoms with E-state index >= 15 is 0 Å². The highest BCUT2D eigenvalue weighted by Crippen LogP contribution is 2.39. The van der Waals surface area contributed by atoms with Crippen molar-refractivity contribution in [1.29, 1.82) is 0 Å². The number of ether oxygens (including phenoxy) is 1. The van der Waals surface area contributed by atoms with Gasteiger partial charge < -0.3 is 14.5 Å². The second kappa shape index (κ2) is 15.4. The van der Waals surface area contributed by atoms with Crippen molar-refractivity contribution in [2.24, 2.45) is 0 Å².